The molecule has 8 nitrogen and oxygen atoms in total. The first-order valence-electron chi connectivity index (χ1n) is 9.64. The van der Waals surface area contributed by atoms with Gasteiger partial charge in [0, 0.05) is 18.7 Å². The summed E-state index contributed by atoms with van der Waals surface area (Å²) in [5, 5.41) is 3.41. The molecule has 0 bridgehead atoms. The molecule has 0 aliphatic carbocycles. The molecule has 0 spiro atoms. The highest BCUT2D eigenvalue weighted by Gasteiger charge is 2.42. The number of amides is 2. The molecular formula is C21H23N5O3S. The number of anilines is 1. The summed E-state index contributed by atoms with van der Waals surface area (Å²) < 4.78 is 5.32. The van der Waals surface area contributed by atoms with E-state index >= 15 is 0 Å². The normalized spacial score (nSPS) is 20.5. The van der Waals surface area contributed by atoms with Gasteiger partial charge in [0.05, 0.1) is 24.5 Å². The van der Waals surface area contributed by atoms with Crippen LogP contribution in [0.5, 0.6) is 5.75 Å². The van der Waals surface area contributed by atoms with E-state index in [4.69, 9.17) is 4.74 Å². The maximum atomic E-state index is 13.1. The fourth-order valence-corrected chi connectivity index (χ4v) is 4.28. The van der Waals surface area contributed by atoms with Gasteiger partial charge in [0.25, 0.3) is 0 Å². The van der Waals surface area contributed by atoms with Crippen LogP contribution in [0.15, 0.2) is 59.6 Å². The Morgan fingerprint density at radius 3 is 2.80 bits per heavy atom. The lowest BCUT2D eigenvalue weighted by molar-refractivity contribution is -0.121. The zero-order chi connectivity index (χ0) is 20.9. The van der Waals surface area contributed by atoms with Crippen LogP contribution >= 0.6 is 11.8 Å². The Labute approximate surface area is 179 Å². The number of thioether (sulfide) groups is 1. The van der Waals surface area contributed by atoms with Gasteiger partial charge in [-0.3, -0.25) is 19.9 Å². The largest absolute Gasteiger partial charge is 0.496 e. The molecule has 0 aromatic heterocycles. The summed E-state index contributed by atoms with van der Waals surface area (Å²) in [6.45, 7) is 0.890. The van der Waals surface area contributed by atoms with E-state index in [1.54, 1.807) is 12.0 Å². The summed E-state index contributed by atoms with van der Waals surface area (Å²) in [5.74, 6) is 0.433. The van der Waals surface area contributed by atoms with Gasteiger partial charge in [0.1, 0.15) is 11.9 Å². The van der Waals surface area contributed by atoms with Gasteiger partial charge in [0.2, 0.25) is 11.8 Å². The minimum absolute atomic E-state index is 0.0318. The number of rotatable bonds is 6. The van der Waals surface area contributed by atoms with Crippen LogP contribution in [-0.4, -0.2) is 42.6 Å². The van der Waals surface area contributed by atoms with E-state index in [9.17, 15) is 9.59 Å². The van der Waals surface area contributed by atoms with Crippen molar-refractivity contribution in [2.75, 3.05) is 24.3 Å². The van der Waals surface area contributed by atoms with E-state index in [2.05, 4.69) is 21.2 Å². The van der Waals surface area contributed by atoms with Gasteiger partial charge < -0.3 is 10.1 Å². The van der Waals surface area contributed by atoms with Crippen LogP contribution in [0.3, 0.4) is 0 Å². The molecule has 1 saturated heterocycles. The van der Waals surface area contributed by atoms with Gasteiger partial charge in [0.15, 0.2) is 5.17 Å². The molecule has 0 saturated carbocycles. The van der Waals surface area contributed by atoms with Crippen molar-refractivity contribution in [1.82, 2.24) is 16.2 Å². The number of aliphatic imine (C=N–C) groups is 1. The fraction of sp³-hybridized carbons (Fsp3) is 0.286. The lowest BCUT2D eigenvalue weighted by Gasteiger charge is -2.32. The SMILES string of the molecule is COc1ccccc1CNC(=O)CSC1=NC2NNCC2C(=O)N1c1ccccc1. The zero-order valence-corrected chi connectivity index (χ0v) is 17.3. The number of ether oxygens (including phenoxy) is 1. The lowest BCUT2D eigenvalue weighted by atomic mass is 10.1. The molecular weight excluding hydrogens is 402 g/mol. The fourth-order valence-electron chi connectivity index (χ4n) is 3.41. The summed E-state index contributed by atoms with van der Waals surface area (Å²) in [7, 11) is 1.60. The number of benzene rings is 2. The third-order valence-corrected chi connectivity index (χ3v) is 5.90. The van der Waals surface area contributed by atoms with Crippen molar-refractivity contribution in [3.8, 4) is 5.75 Å². The Kier molecular flexibility index (Phi) is 6.32. The van der Waals surface area contributed by atoms with Gasteiger partial charge in [-0.05, 0) is 18.2 Å². The van der Waals surface area contributed by atoms with Gasteiger partial charge >= 0.3 is 0 Å². The van der Waals surface area contributed by atoms with Crippen molar-refractivity contribution in [2.24, 2.45) is 10.9 Å². The number of nitrogens with zero attached hydrogens (tertiary/aromatic N) is 2. The summed E-state index contributed by atoms with van der Waals surface area (Å²) in [6, 6.07) is 16.9. The Hall–Kier alpha value is -2.88. The second-order valence-electron chi connectivity index (χ2n) is 6.87. The van der Waals surface area contributed by atoms with E-state index in [0.29, 0.717) is 18.3 Å². The third-order valence-electron chi connectivity index (χ3n) is 4.95. The van der Waals surface area contributed by atoms with Gasteiger partial charge in [-0.2, -0.15) is 0 Å². The molecule has 3 N–H and O–H groups in total. The van der Waals surface area contributed by atoms with E-state index in [0.717, 1.165) is 17.0 Å². The molecule has 2 aromatic carbocycles. The molecule has 2 amide bonds. The molecule has 9 heteroatoms. The van der Waals surface area contributed by atoms with E-state index in [1.165, 1.54) is 11.8 Å². The highest BCUT2D eigenvalue weighted by molar-refractivity contribution is 8.14. The van der Waals surface area contributed by atoms with Crippen LogP contribution in [-0.2, 0) is 16.1 Å². The number of carbonyl (C=O) groups excluding carboxylic acids is 2. The molecule has 30 heavy (non-hydrogen) atoms. The van der Waals surface area contributed by atoms with Crippen molar-refractivity contribution in [2.45, 2.75) is 12.7 Å². The Morgan fingerprint density at radius 2 is 2.00 bits per heavy atom. The van der Waals surface area contributed by atoms with Crippen LogP contribution in [0.25, 0.3) is 0 Å². The molecule has 2 aliphatic rings. The van der Waals surface area contributed by atoms with Crippen molar-refractivity contribution < 1.29 is 14.3 Å². The maximum Gasteiger partial charge on any atom is 0.241 e. The van der Waals surface area contributed by atoms with Crippen LogP contribution in [0.4, 0.5) is 5.69 Å². The number of fused-ring (bicyclic) bond motifs is 1. The summed E-state index contributed by atoms with van der Waals surface area (Å²) in [5.41, 5.74) is 7.67. The first kappa shape index (κ1) is 20.4. The topological polar surface area (TPSA) is 95.1 Å². The number of methoxy groups -OCH3 is 1. The molecule has 2 atom stereocenters. The molecule has 4 rings (SSSR count). The van der Waals surface area contributed by atoms with Crippen molar-refractivity contribution in [3.05, 3.63) is 60.2 Å². The smallest absolute Gasteiger partial charge is 0.241 e. The molecule has 2 heterocycles. The molecule has 156 valence electrons. The van der Waals surface area contributed by atoms with Gasteiger partial charge in [-0.25, -0.2) is 10.4 Å². The maximum absolute atomic E-state index is 13.1. The Morgan fingerprint density at radius 1 is 1.23 bits per heavy atom. The highest BCUT2D eigenvalue weighted by atomic mass is 32.2. The number of hydrogen-bond donors (Lipinski definition) is 3. The molecule has 2 unspecified atom stereocenters. The number of hydrazine groups is 1. The molecule has 0 radical (unpaired) electrons. The lowest BCUT2D eigenvalue weighted by Crippen LogP contribution is -2.49. The van der Waals surface area contributed by atoms with Crippen LogP contribution in [0, 0.1) is 5.92 Å². The second kappa shape index (κ2) is 9.29. The summed E-state index contributed by atoms with van der Waals surface area (Å²) >= 11 is 1.25. The van der Waals surface area contributed by atoms with Crippen molar-refractivity contribution >= 4 is 34.4 Å². The molecule has 2 aromatic rings. The average molecular weight is 426 g/mol. The third kappa shape index (κ3) is 4.33. The van der Waals surface area contributed by atoms with Crippen molar-refractivity contribution in [3.63, 3.8) is 0 Å². The van der Waals surface area contributed by atoms with Crippen LogP contribution in [0.2, 0.25) is 0 Å². The van der Waals surface area contributed by atoms with Crippen molar-refractivity contribution in [1.29, 1.82) is 0 Å². The summed E-state index contributed by atoms with van der Waals surface area (Å²) in [6.07, 6.45) is -0.323. The molecule has 2 aliphatic heterocycles. The van der Waals surface area contributed by atoms with E-state index < -0.39 is 0 Å². The standard InChI is InChI=1S/C21H23N5O3S/c1-29-17-10-6-5-7-14(17)11-22-18(27)13-30-21-24-19-16(12-23-25-19)20(28)26(21)15-8-3-2-4-9-15/h2-10,16,19,23,25H,11-13H2,1H3,(H,22,27). The monoisotopic (exact) mass is 425 g/mol. The zero-order valence-electron chi connectivity index (χ0n) is 16.5. The molecule has 1 fully saturated rings. The number of hydrogen-bond acceptors (Lipinski definition) is 7. The minimum atomic E-state index is -0.323. The summed E-state index contributed by atoms with van der Waals surface area (Å²) in [4.78, 5) is 31.8. The average Bonchev–Trinajstić information content (AvgIpc) is 3.26. The minimum Gasteiger partial charge on any atom is -0.496 e. The first-order chi connectivity index (χ1) is 14.7. The predicted octanol–water partition coefficient (Wildman–Crippen LogP) is 1.50. The number of amidine groups is 1. The Balaban J connectivity index is 1.43. The number of nitrogens with one attached hydrogen (secondary N) is 3. The van der Waals surface area contributed by atoms with Gasteiger partial charge in [-0.15, -0.1) is 0 Å². The number of carbonyl (C=O) groups is 2. The van der Waals surface area contributed by atoms with E-state index in [1.807, 2.05) is 54.6 Å². The second-order valence-corrected chi connectivity index (χ2v) is 7.82. The van der Waals surface area contributed by atoms with E-state index in [-0.39, 0.29) is 29.7 Å². The van der Waals surface area contributed by atoms with Crippen LogP contribution < -0.4 is 25.8 Å². The predicted molar refractivity (Wildman–Crippen MR) is 117 cm³/mol. The number of para-hydroxylation sites is 2. The Bertz CT molecular complexity index is 953. The van der Waals surface area contributed by atoms with Gasteiger partial charge in [-0.1, -0.05) is 48.2 Å². The first-order valence-corrected chi connectivity index (χ1v) is 10.6. The quantitative estimate of drug-likeness (QED) is 0.649. The van der Waals surface area contributed by atoms with Crippen LogP contribution in [0.1, 0.15) is 5.56 Å². The highest BCUT2D eigenvalue weighted by Crippen LogP contribution is 2.29.